The van der Waals surface area contributed by atoms with Crippen molar-refractivity contribution in [3.63, 3.8) is 0 Å². The number of pyridine rings is 1. The number of rotatable bonds is 4. The third-order valence-electron chi connectivity index (χ3n) is 5.28. The standard InChI is InChI=1S/C21H21N7O/c22-16-7-8-18-17(13-16)19(29)27(12-4-6-15-5-3-9-23-14-15)21-25-24-20(28(18)21)26-10-1-2-11-26/h3-9,13-14H,1-2,10-12,22H2/b6-4+. The zero-order valence-electron chi connectivity index (χ0n) is 15.9. The number of nitrogens with zero attached hydrogens (tertiary/aromatic N) is 6. The molecule has 2 N–H and O–H groups in total. The molecule has 0 saturated carbocycles. The van der Waals surface area contributed by atoms with Gasteiger partial charge in [0.05, 0.1) is 10.9 Å². The number of hydrogen-bond donors (Lipinski definition) is 1. The Morgan fingerprint density at radius 1 is 1.14 bits per heavy atom. The molecule has 0 atom stereocenters. The summed E-state index contributed by atoms with van der Waals surface area (Å²) in [5.41, 5.74) is 8.16. The van der Waals surface area contributed by atoms with Crippen molar-refractivity contribution >= 4 is 34.4 Å². The third kappa shape index (κ3) is 3.02. The largest absolute Gasteiger partial charge is 0.399 e. The number of allylic oxidation sites excluding steroid dienone is 1. The van der Waals surface area contributed by atoms with Crippen molar-refractivity contribution in [2.45, 2.75) is 19.4 Å². The molecule has 1 aromatic carbocycles. The molecular formula is C21H21N7O. The Balaban J connectivity index is 1.68. The maximum Gasteiger partial charge on any atom is 0.263 e. The van der Waals surface area contributed by atoms with Crippen LogP contribution in [0.25, 0.3) is 22.8 Å². The lowest BCUT2D eigenvalue weighted by molar-refractivity contribution is 0.786. The highest BCUT2D eigenvalue weighted by molar-refractivity contribution is 5.84. The maximum absolute atomic E-state index is 13.2. The first-order chi connectivity index (χ1) is 14.2. The van der Waals surface area contributed by atoms with Crippen molar-refractivity contribution in [3.05, 3.63) is 64.7 Å². The molecule has 0 unspecified atom stereocenters. The number of hydrogen-bond acceptors (Lipinski definition) is 6. The Labute approximate surface area is 166 Å². The number of aromatic nitrogens is 5. The second-order valence-electron chi connectivity index (χ2n) is 7.21. The molecule has 5 rings (SSSR count). The van der Waals surface area contributed by atoms with Gasteiger partial charge in [-0.3, -0.25) is 14.3 Å². The van der Waals surface area contributed by atoms with E-state index in [1.165, 1.54) is 0 Å². The fourth-order valence-electron chi connectivity index (χ4n) is 3.87. The number of fused-ring (bicyclic) bond motifs is 3. The minimum absolute atomic E-state index is 0.129. The lowest BCUT2D eigenvalue weighted by Gasteiger charge is -2.16. The molecule has 0 spiro atoms. The van der Waals surface area contributed by atoms with Gasteiger partial charge in [0.1, 0.15) is 0 Å². The van der Waals surface area contributed by atoms with Crippen LogP contribution in [0.15, 0.2) is 53.6 Å². The molecule has 1 saturated heterocycles. The monoisotopic (exact) mass is 387 g/mol. The zero-order chi connectivity index (χ0) is 19.8. The van der Waals surface area contributed by atoms with Gasteiger partial charge in [-0.1, -0.05) is 18.2 Å². The number of nitrogen functional groups attached to an aromatic ring is 1. The average Bonchev–Trinajstić information content (AvgIpc) is 3.41. The molecule has 146 valence electrons. The van der Waals surface area contributed by atoms with Crippen molar-refractivity contribution in [1.82, 2.24) is 24.1 Å². The number of benzene rings is 1. The van der Waals surface area contributed by atoms with Gasteiger partial charge < -0.3 is 10.6 Å². The number of anilines is 2. The SMILES string of the molecule is Nc1ccc2c(c1)c(=O)n(C/C=C/c1cccnc1)c1nnc(N3CCCC3)n21. The smallest absolute Gasteiger partial charge is 0.263 e. The van der Waals surface area contributed by atoms with Gasteiger partial charge in [-0.25, -0.2) is 4.40 Å². The lowest BCUT2D eigenvalue weighted by atomic mass is 10.2. The van der Waals surface area contributed by atoms with E-state index in [4.69, 9.17) is 5.73 Å². The summed E-state index contributed by atoms with van der Waals surface area (Å²) in [7, 11) is 0. The lowest BCUT2D eigenvalue weighted by Crippen LogP contribution is -2.25. The highest BCUT2D eigenvalue weighted by atomic mass is 16.1. The first kappa shape index (κ1) is 17.4. The van der Waals surface area contributed by atoms with Crippen LogP contribution in [-0.4, -0.2) is 37.2 Å². The van der Waals surface area contributed by atoms with Crippen LogP contribution in [0.4, 0.5) is 11.6 Å². The fraction of sp³-hybridized carbons (Fsp3) is 0.238. The number of nitrogens with two attached hydrogens (primary N) is 1. The van der Waals surface area contributed by atoms with Crippen LogP contribution in [0.2, 0.25) is 0 Å². The van der Waals surface area contributed by atoms with Gasteiger partial charge in [0.25, 0.3) is 5.56 Å². The van der Waals surface area contributed by atoms with Gasteiger partial charge in [0.15, 0.2) is 0 Å². The highest BCUT2D eigenvalue weighted by Crippen LogP contribution is 2.24. The molecule has 0 amide bonds. The first-order valence-electron chi connectivity index (χ1n) is 9.71. The quantitative estimate of drug-likeness (QED) is 0.540. The van der Waals surface area contributed by atoms with Crippen molar-refractivity contribution in [2.75, 3.05) is 23.7 Å². The summed E-state index contributed by atoms with van der Waals surface area (Å²) in [6, 6.07) is 9.25. The Bertz CT molecular complexity index is 1270. The molecule has 1 aliphatic rings. The molecule has 0 radical (unpaired) electrons. The van der Waals surface area contributed by atoms with E-state index < -0.39 is 0 Å². The maximum atomic E-state index is 13.2. The van der Waals surface area contributed by atoms with Crippen molar-refractivity contribution < 1.29 is 0 Å². The molecule has 29 heavy (non-hydrogen) atoms. The van der Waals surface area contributed by atoms with E-state index >= 15 is 0 Å². The molecule has 4 aromatic rings. The molecular weight excluding hydrogens is 366 g/mol. The predicted octanol–water partition coefficient (Wildman–Crippen LogP) is 2.33. The Morgan fingerprint density at radius 2 is 2.00 bits per heavy atom. The molecule has 8 nitrogen and oxygen atoms in total. The van der Waals surface area contributed by atoms with E-state index in [1.807, 2.05) is 40.8 Å². The normalized spacial score (nSPS) is 14.6. The zero-order valence-corrected chi connectivity index (χ0v) is 15.9. The van der Waals surface area contributed by atoms with Crippen LogP contribution in [-0.2, 0) is 6.54 Å². The minimum Gasteiger partial charge on any atom is -0.399 e. The molecule has 8 heteroatoms. The minimum atomic E-state index is -0.129. The average molecular weight is 387 g/mol. The second-order valence-corrected chi connectivity index (χ2v) is 7.21. The molecule has 4 heterocycles. The van der Waals surface area contributed by atoms with Crippen LogP contribution < -0.4 is 16.2 Å². The van der Waals surface area contributed by atoms with E-state index in [2.05, 4.69) is 20.1 Å². The highest BCUT2D eigenvalue weighted by Gasteiger charge is 2.22. The second kappa shape index (κ2) is 7.05. The van der Waals surface area contributed by atoms with Crippen molar-refractivity contribution in [2.24, 2.45) is 0 Å². The Morgan fingerprint density at radius 3 is 2.79 bits per heavy atom. The fourth-order valence-corrected chi connectivity index (χ4v) is 3.87. The van der Waals surface area contributed by atoms with E-state index in [-0.39, 0.29) is 5.56 Å². The van der Waals surface area contributed by atoms with Gasteiger partial charge in [-0.15, -0.1) is 10.2 Å². The summed E-state index contributed by atoms with van der Waals surface area (Å²) in [5.74, 6) is 1.31. The summed E-state index contributed by atoms with van der Waals surface area (Å²) in [6.07, 6.45) is 9.65. The third-order valence-corrected chi connectivity index (χ3v) is 5.28. The van der Waals surface area contributed by atoms with Gasteiger partial charge >= 0.3 is 0 Å². The van der Waals surface area contributed by atoms with E-state index in [1.54, 1.807) is 23.0 Å². The van der Waals surface area contributed by atoms with Gasteiger partial charge in [0.2, 0.25) is 11.7 Å². The summed E-state index contributed by atoms with van der Waals surface area (Å²) >= 11 is 0. The van der Waals surface area contributed by atoms with Crippen LogP contribution in [0.3, 0.4) is 0 Å². The van der Waals surface area contributed by atoms with Crippen molar-refractivity contribution in [1.29, 1.82) is 0 Å². The van der Waals surface area contributed by atoms with Crippen LogP contribution in [0, 0.1) is 0 Å². The topological polar surface area (TPSA) is 94.3 Å². The summed E-state index contributed by atoms with van der Waals surface area (Å²) in [4.78, 5) is 19.6. The molecule has 1 fully saturated rings. The summed E-state index contributed by atoms with van der Waals surface area (Å²) in [5, 5.41) is 9.37. The van der Waals surface area contributed by atoms with E-state index in [0.717, 1.165) is 43.0 Å². The summed E-state index contributed by atoms with van der Waals surface area (Å²) in [6.45, 7) is 2.26. The van der Waals surface area contributed by atoms with Crippen LogP contribution in [0.1, 0.15) is 18.4 Å². The molecule has 0 aliphatic carbocycles. The van der Waals surface area contributed by atoms with E-state index in [9.17, 15) is 4.79 Å². The van der Waals surface area contributed by atoms with Crippen LogP contribution in [0.5, 0.6) is 0 Å². The van der Waals surface area contributed by atoms with Gasteiger partial charge in [-0.2, -0.15) is 0 Å². The van der Waals surface area contributed by atoms with Crippen LogP contribution >= 0.6 is 0 Å². The molecule has 3 aromatic heterocycles. The van der Waals surface area contributed by atoms with Crippen molar-refractivity contribution in [3.8, 4) is 0 Å². The predicted molar refractivity (Wildman–Crippen MR) is 114 cm³/mol. The van der Waals surface area contributed by atoms with Gasteiger partial charge in [0, 0.05) is 37.7 Å². The molecule has 0 bridgehead atoms. The summed E-state index contributed by atoms with van der Waals surface area (Å²) < 4.78 is 3.61. The molecule has 1 aliphatic heterocycles. The Hall–Kier alpha value is -3.68. The first-order valence-corrected chi connectivity index (χ1v) is 9.71. The van der Waals surface area contributed by atoms with Gasteiger partial charge in [-0.05, 0) is 42.7 Å². The van der Waals surface area contributed by atoms with E-state index in [0.29, 0.717) is 23.4 Å². The Kier molecular flexibility index (Phi) is 4.23.